The average Bonchev–Trinajstić information content (AvgIpc) is 4.08. The standard InChI is InChI=1S/C26H16N4.4C6H5.Zr/c1-2-4-17(5-3-1)25-15-24-14-22-9-8-20(28-22)12-18-6-7-19(27-18)13-21-10-11-23(29-21)16-26(25)30-24;4*1-2-4-6-5-3-1;/h1-16H;4*1-5H;/q;4*-1;+4. The maximum Gasteiger partial charge on any atom is 4.00 e. The van der Waals surface area contributed by atoms with Crippen molar-refractivity contribution in [3.63, 3.8) is 0 Å². The molecule has 0 aliphatic carbocycles. The van der Waals surface area contributed by atoms with Crippen molar-refractivity contribution in [2.24, 2.45) is 20.0 Å². The summed E-state index contributed by atoms with van der Waals surface area (Å²) < 4.78 is 0. The van der Waals surface area contributed by atoms with Crippen LogP contribution in [0.2, 0.25) is 0 Å². The molecule has 4 nitrogen and oxygen atoms in total. The molecule has 10 rings (SSSR count). The fourth-order valence-electron chi connectivity index (χ4n) is 5.11. The molecule has 8 bridgehead atoms. The Bertz CT molecular complexity index is 2090. The third-order valence-electron chi connectivity index (χ3n) is 7.55. The van der Waals surface area contributed by atoms with Gasteiger partial charge in [0.1, 0.15) is 0 Å². The molecule has 0 N–H and O–H groups in total. The minimum absolute atomic E-state index is 0. The van der Waals surface area contributed by atoms with Crippen LogP contribution < -0.4 is 0 Å². The molecule has 0 spiro atoms. The Morgan fingerprint density at radius 2 is 0.655 bits per heavy atom. The summed E-state index contributed by atoms with van der Waals surface area (Å²) in [6, 6.07) is 60.3. The van der Waals surface area contributed by atoms with Crippen molar-refractivity contribution >= 4 is 28.4 Å². The van der Waals surface area contributed by atoms with Gasteiger partial charge in [0.15, 0.2) is 0 Å². The van der Waals surface area contributed by atoms with E-state index in [2.05, 4.69) is 47.5 Å². The first kappa shape index (κ1) is 39.8. The summed E-state index contributed by atoms with van der Waals surface area (Å²) in [4.78, 5) is 18.9. The monoisotopic (exact) mass is 782 g/mol. The van der Waals surface area contributed by atoms with Crippen LogP contribution in [-0.2, 0) is 26.2 Å². The minimum atomic E-state index is 0. The molecule has 55 heavy (non-hydrogen) atoms. The Balaban J connectivity index is 0.000000186. The molecule has 0 saturated carbocycles. The summed E-state index contributed by atoms with van der Waals surface area (Å²) in [6.07, 6.45) is 22.1. The Labute approximate surface area is 343 Å². The van der Waals surface area contributed by atoms with Gasteiger partial charge in [0.2, 0.25) is 0 Å². The summed E-state index contributed by atoms with van der Waals surface area (Å²) >= 11 is 0. The van der Waals surface area contributed by atoms with Crippen LogP contribution in [0.25, 0.3) is 5.57 Å². The zero-order valence-electron chi connectivity index (χ0n) is 30.1. The Morgan fingerprint density at radius 3 is 1.00 bits per heavy atom. The Kier molecular flexibility index (Phi) is 16.4. The van der Waals surface area contributed by atoms with Gasteiger partial charge < -0.3 is 0 Å². The van der Waals surface area contributed by atoms with E-state index in [1.54, 1.807) is 0 Å². The molecule has 0 saturated heterocycles. The first-order chi connectivity index (χ1) is 26.8. The first-order valence-corrected chi connectivity index (χ1v) is 17.5. The molecule has 5 aliphatic heterocycles. The van der Waals surface area contributed by atoms with Crippen molar-refractivity contribution in [3.05, 3.63) is 271 Å². The van der Waals surface area contributed by atoms with Gasteiger partial charge in [0.25, 0.3) is 0 Å². The molecule has 0 atom stereocenters. The van der Waals surface area contributed by atoms with E-state index in [4.69, 9.17) is 15.0 Å². The molecule has 0 fully saturated rings. The van der Waals surface area contributed by atoms with E-state index in [0.29, 0.717) is 0 Å². The van der Waals surface area contributed by atoms with Crippen LogP contribution in [0, 0.1) is 24.3 Å². The Hall–Kier alpha value is -6.42. The molecular weight excluding hydrogens is 748 g/mol. The van der Waals surface area contributed by atoms with Crippen LogP contribution in [0.4, 0.5) is 0 Å². The summed E-state index contributed by atoms with van der Waals surface area (Å²) in [7, 11) is 0. The second-order valence-corrected chi connectivity index (χ2v) is 11.6. The average molecular weight is 784 g/mol. The van der Waals surface area contributed by atoms with Gasteiger partial charge >= 0.3 is 26.2 Å². The van der Waals surface area contributed by atoms with E-state index in [9.17, 15) is 0 Å². The number of aliphatic imine (C=N–C) groups is 4. The van der Waals surface area contributed by atoms with E-state index < -0.39 is 0 Å². The topological polar surface area (TPSA) is 49.4 Å². The van der Waals surface area contributed by atoms with Crippen molar-refractivity contribution in [1.29, 1.82) is 0 Å². The molecule has 0 radical (unpaired) electrons. The molecule has 260 valence electrons. The largest absolute Gasteiger partial charge is 4.00 e. The zero-order chi connectivity index (χ0) is 36.9. The molecule has 5 aromatic rings. The van der Waals surface area contributed by atoms with Crippen LogP contribution >= 0.6 is 0 Å². The van der Waals surface area contributed by atoms with Gasteiger partial charge in [-0.3, -0.25) is 0 Å². The molecule has 0 unspecified atom stereocenters. The number of hydrogen-bond donors (Lipinski definition) is 0. The van der Waals surface area contributed by atoms with Gasteiger partial charge in [0.05, 0.1) is 45.6 Å². The van der Waals surface area contributed by atoms with Gasteiger partial charge in [-0.15, -0.1) is 0 Å². The van der Waals surface area contributed by atoms with Crippen molar-refractivity contribution in [2.75, 3.05) is 0 Å². The van der Waals surface area contributed by atoms with E-state index in [1.807, 2.05) is 200 Å². The molecular formula is C50H36N4Zr. The third-order valence-corrected chi connectivity index (χ3v) is 7.55. The van der Waals surface area contributed by atoms with Gasteiger partial charge in [0, 0.05) is 5.57 Å². The number of fused-ring (bicyclic) bond motifs is 4. The van der Waals surface area contributed by atoms with Crippen molar-refractivity contribution in [3.8, 4) is 0 Å². The maximum atomic E-state index is 4.87. The third kappa shape index (κ3) is 13.8. The van der Waals surface area contributed by atoms with Gasteiger partial charge in [-0.1, -0.05) is 30.3 Å². The number of nitrogens with zero attached hydrogens (tertiary/aromatic N) is 4. The SMILES string of the molecule is C1=CC2=NC1=CC1=NC(=CC3=NC(=CC4=NC(=C2)C=C4)C(c2ccccc2)=C3)C=C1.[Zr+4].[c-]1ccccc1.[c-]1ccccc1.[c-]1ccccc1.[c-]1ccccc1. The minimum Gasteiger partial charge on any atom is -0.249 e. The normalized spacial score (nSPS) is 14.8. The van der Waals surface area contributed by atoms with Crippen molar-refractivity contribution in [1.82, 2.24) is 0 Å². The second-order valence-electron chi connectivity index (χ2n) is 11.6. The van der Waals surface area contributed by atoms with Crippen LogP contribution in [0.5, 0.6) is 0 Å². The predicted molar refractivity (Wildman–Crippen MR) is 225 cm³/mol. The molecule has 0 aromatic heterocycles. The van der Waals surface area contributed by atoms with Gasteiger partial charge in [-0.2, -0.15) is 146 Å². The summed E-state index contributed by atoms with van der Waals surface area (Å²) in [6.45, 7) is 0. The van der Waals surface area contributed by atoms with Crippen LogP contribution in [0.1, 0.15) is 5.56 Å². The smallest absolute Gasteiger partial charge is 0.249 e. The van der Waals surface area contributed by atoms with E-state index in [-0.39, 0.29) is 26.2 Å². The van der Waals surface area contributed by atoms with Gasteiger partial charge in [-0.25, -0.2) is 20.0 Å². The van der Waals surface area contributed by atoms with E-state index >= 15 is 0 Å². The van der Waals surface area contributed by atoms with Crippen LogP contribution in [0.15, 0.2) is 261 Å². The van der Waals surface area contributed by atoms with E-state index in [1.165, 1.54) is 0 Å². The molecule has 5 aromatic carbocycles. The van der Waals surface area contributed by atoms with Crippen LogP contribution in [0.3, 0.4) is 0 Å². The summed E-state index contributed by atoms with van der Waals surface area (Å²) in [5.41, 5.74) is 9.28. The van der Waals surface area contributed by atoms with Gasteiger partial charge in [-0.05, 0) is 72.4 Å². The fraction of sp³-hybridized carbons (Fsp3) is 0. The summed E-state index contributed by atoms with van der Waals surface area (Å²) in [5, 5.41) is 0. The quantitative estimate of drug-likeness (QED) is 0.152. The number of rotatable bonds is 1. The number of hydrogen-bond acceptors (Lipinski definition) is 4. The number of benzene rings is 5. The molecule has 0 amide bonds. The first-order valence-electron chi connectivity index (χ1n) is 17.5. The molecule has 5 heteroatoms. The van der Waals surface area contributed by atoms with E-state index in [0.717, 1.165) is 56.8 Å². The number of allylic oxidation sites excluding steroid dienone is 12. The molecule has 5 heterocycles. The maximum absolute atomic E-state index is 4.87. The predicted octanol–water partition coefficient (Wildman–Crippen LogP) is 11.1. The fourth-order valence-corrected chi connectivity index (χ4v) is 5.11. The Morgan fingerprint density at radius 1 is 0.309 bits per heavy atom. The van der Waals surface area contributed by atoms with Crippen molar-refractivity contribution in [2.45, 2.75) is 0 Å². The van der Waals surface area contributed by atoms with Crippen molar-refractivity contribution < 1.29 is 26.2 Å². The zero-order valence-corrected chi connectivity index (χ0v) is 32.5. The summed E-state index contributed by atoms with van der Waals surface area (Å²) in [5.74, 6) is 0. The van der Waals surface area contributed by atoms with Crippen LogP contribution in [-0.4, -0.2) is 22.8 Å². The second kappa shape index (κ2) is 22.6. The molecule has 5 aliphatic rings.